The predicted molar refractivity (Wildman–Crippen MR) is 73.8 cm³/mol. The average molecular weight is 278 g/mol. The SMILES string of the molecule is COc1ccsc1C(=O)c1c(OC)cccc1OC. The molecule has 0 radical (unpaired) electrons. The molecule has 0 aliphatic rings. The lowest BCUT2D eigenvalue weighted by atomic mass is 10.1. The Balaban J connectivity index is 2.55. The molecule has 0 fully saturated rings. The van der Waals surface area contributed by atoms with Crippen molar-refractivity contribution >= 4 is 17.1 Å². The molecule has 0 bridgehead atoms. The van der Waals surface area contributed by atoms with Gasteiger partial charge in [0.1, 0.15) is 27.7 Å². The fraction of sp³-hybridized carbons (Fsp3) is 0.214. The zero-order valence-corrected chi connectivity index (χ0v) is 11.7. The Morgan fingerprint density at radius 3 is 2.05 bits per heavy atom. The second-order valence-corrected chi connectivity index (χ2v) is 4.60. The molecule has 1 aromatic heterocycles. The highest BCUT2D eigenvalue weighted by atomic mass is 32.1. The number of carbonyl (C=O) groups excluding carboxylic acids is 1. The van der Waals surface area contributed by atoms with Crippen LogP contribution in [-0.2, 0) is 0 Å². The van der Waals surface area contributed by atoms with Crippen molar-refractivity contribution in [1.29, 1.82) is 0 Å². The van der Waals surface area contributed by atoms with Crippen molar-refractivity contribution < 1.29 is 19.0 Å². The zero-order chi connectivity index (χ0) is 13.8. The Labute approximate surface area is 115 Å². The number of hydrogen-bond acceptors (Lipinski definition) is 5. The molecule has 0 saturated heterocycles. The highest BCUT2D eigenvalue weighted by Gasteiger charge is 2.23. The molecule has 2 aromatic rings. The number of hydrogen-bond donors (Lipinski definition) is 0. The van der Waals surface area contributed by atoms with Crippen molar-refractivity contribution in [3.05, 3.63) is 40.1 Å². The second kappa shape index (κ2) is 5.75. The first-order valence-electron chi connectivity index (χ1n) is 5.60. The van der Waals surface area contributed by atoms with E-state index in [9.17, 15) is 4.79 Å². The van der Waals surface area contributed by atoms with Gasteiger partial charge in [-0.3, -0.25) is 4.79 Å². The van der Waals surface area contributed by atoms with Crippen LogP contribution in [0.1, 0.15) is 15.2 Å². The fourth-order valence-corrected chi connectivity index (χ4v) is 2.62. The summed E-state index contributed by atoms with van der Waals surface area (Å²) in [6.07, 6.45) is 0. The number of benzene rings is 1. The van der Waals surface area contributed by atoms with Gasteiger partial charge in [0.2, 0.25) is 5.78 Å². The lowest BCUT2D eigenvalue weighted by molar-refractivity contribution is 0.103. The van der Waals surface area contributed by atoms with Crippen LogP contribution in [0.15, 0.2) is 29.6 Å². The molecular weight excluding hydrogens is 264 g/mol. The molecule has 5 heteroatoms. The van der Waals surface area contributed by atoms with E-state index in [1.807, 2.05) is 5.38 Å². The van der Waals surface area contributed by atoms with Gasteiger partial charge in [-0.15, -0.1) is 11.3 Å². The first-order chi connectivity index (χ1) is 9.22. The molecule has 0 spiro atoms. The van der Waals surface area contributed by atoms with Crippen LogP contribution in [0.5, 0.6) is 17.2 Å². The minimum atomic E-state index is -0.166. The van der Waals surface area contributed by atoms with Crippen LogP contribution >= 0.6 is 11.3 Å². The maximum atomic E-state index is 12.6. The van der Waals surface area contributed by atoms with Crippen molar-refractivity contribution in [3.63, 3.8) is 0 Å². The first-order valence-corrected chi connectivity index (χ1v) is 6.48. The predicted octanol–water partition coefficient (Wildman–Crippen LogP) is 3.00. The van der Waals surface area contributed by atoms with E-state index in [-0.39, 0.29) is 5.78 Å². The quantitative estimate of drug-likeness (QED) is 0.789. The van der Waals surface area contributed by atoms with Crippen molar-refractivity contribution in [2.24, 2.45) is 0 Å². The lowest BCUT2D eigenvalue weighted by Crippen LogP contribution is -2.06. The van der Waals surface area contributed by atoms with E-state index in [0.29, 0.717) is 27.7 Å². The van der Waals surface area contributed by atoms with Crippen molar-refractivity contribution in [3.8, 4) is 17.2 Å². The van der Waals surface area contributed by atoms with Crippen LogP contribution in [0.25, 0.3) is 0 Å². The molecule has 4 nitrogen and oxygen atoms in total. The smallest absolute Gasteiger partial charge is 0.214 e. The number of ether oxygens (including phenoxy) is 3. The Morgan fingerprint density at radius 2 is 1.53 bits per heavy atom. The van der Waals surface area contributed by atoms with E-state index in [1.165, 1.54) is 32.7 Å². The Hall–Kier alpha value is -2.01. The molecule has 19 heavy (non-hydrogen) atoms. The summed E-state index contributed by atoms with van der Waals surface area (Å²) in [5, 5.41) is 1.81. The third kappa shape index (κ3) is 2.42. The van der Waals surface area contributed by atoms with E-state index in [4.69, 9.17) is 14.2 Å². The van der Waals surface area contributed by atoms with Crippen molar-refractivity contribution in [2.75, 3.05) is 21.3 Å². The summed E-state index contributed by atoms with van der Waals surface area (Å²) in [7, 11) is 4.59. The number of ketones is 1. The number of carbonyl (C=O) groups is 1. The van der Waals surface area contributed by atoms with Gasteiger partial charge in [0.15, 0.2) is 0 Å². The summed E-state index contributed by atoms with van der Waals surface area (Å²) >= 11 is 1.33. The molecule has 0 atom stereocenters. The van der Waals surface area contributed by atoms with E-state index in [2.05, 4.69) is 0 Å². The molecule has 100 valence electrons. The molecule has 0 aliphatic carbocycles. The van der Waals surface area contributed by atoms with Gasteiger partial charge in [-0.2, -0.15) is 0 Å². The molecular formula is C14H14O4S. The summed E-state index contributed by atoms with van der Waals surface area (Å²) in [5.41, 5.74) is 0.410. The molecule has 1 heterocycles. The number of thiophene rings is 1. The van der Waals surface area contributed by atoms with Gasteiger partial charge in [-0.25, -0.2) is 0 Å². The van der Waals surface area contributed by atoms with Gasteiger partial charge in [0.05, 0.1) is 21.3 Å². The van der Waals surface area contributed by atoms with Crippen LogP contribution in [0, 0.1) is 0 Å². The molecule has 0 unspecified atom stereocenters. The number of rotatable bonds is 5. The van der Waals surface area contributed by atoms with Crippen LogP contribution in [-0.4, -0.2) is 27.1 Å². The van der Waals surface area contributed by atoms with Gasteiger partial charge in [-0.1, -0.05) is 6.07 Å². The molecule has 0 amide bonds. The average Bonchev–Trinajstić information content (AvgIpc) is 2.93. The molecule has 2 rings (SSSR count). The van der Waals surface area contributed by atoms with Gasteiger partial charge in [0.25, 0.3) is 0 Å². The molecule has 0 saturated carbocycles. The van der Waals surface area contributed by atoms with E-state index in [0.717, 1.165) is 0 Å². The van der Waals surface area contributed by atoms with E-state index in [1.54, 1.807) is 24.3 Å². The minimum Gasteiger partial charge on any atom is -0.496 e. The first kappa shape index (κ1) is 13.4. The monoisotopic (exact) mass is 278 g/mol. The number of methoxy groups -OCH3 is 3. The Kier molecular flexibility index (Phi) is 4.06. The van der Waals surface area contributed by atoms with Gasteiger partial charge in [-0.05, 0) is 23.6 Å². The van der Waals surface area contributed by atoms with Gasteiger partial charge < -0.3 is 14.2 Å². The summed E-state index contributed by atoms with van der Waals surface area (Å²) < 4.78 is 15.7. The van der Waals surface area contributed by atoms with E-state index < -0.39 is 0 Å². The van der Waals surface area contributed by atoms with Crippen LogP contribution in [0.4, 0.5) is 0 Å². The Bertz CT molecular complexity index is 567. The van der Waals surface area contributed by atoms with E-state index >= 15 is 0 Å². The van der Waals surface area contributed by atoms with Gasteiger partial charge in [0, 0.05) is 0 Å². The van der Waals surface area contributed by atoms with Gasteiger partial charge >= 0.3 is 0 Å². The topological polar surface area (TPSA) is 44.8 Å². The summed E-state index contributed by atoms with van der Waals surface area (Å²) in [4.78, 5) is 13.1. The zero-order valence-electron chi connectivity index (χ0n) is 10.9. The largest absolute Gasteiger partial charge is 0.496 e. The normalized spacial score (nSPS) is 10.1. The minimum absolute atomic E-state index is 0.166. The molecule has 0 N–H and O–H groups in total. The molecule has 0 aliphatic heterocycles. The standard InChI is InChI=1S/C14H14O4S/c1-16-9-5-4-6-10(17-2)12(9)13(15)14-11(18-3)7-8-19-14/h4-8H,1-3H3. The third-order valence-electron chi connectivity index (χ3n) is 2.71. The lowest BCUT2D eigenvalue weighted by Gasteiger charge is -2.11. The van der Waals surface area contributed by atoms with Crippen LogP contribution in [0.2, 0.25) is 0 Å². The maximum absolute atomic E-state index is 12.6. The second-order valence-electron chi connectivity index (χ2n) is 3.68. The highest BCUT2D eigenvalue weighted by Crippen LogP contribution is 2.35. The summed E-state index contributed by atoms with van der Waals surface area (Å²) in [6.45, 7) is 0. The fourth-order valence-electron chi connectivity index (χ4n) is 1.81. The maximum Gasteiger partial charge on any atom is 0.214 e. The van der Waals surface area contributed by atoms with Crippen molar-refractivity contribution in [2.45, 2.75) is 0 Å². The summed E-state index contributed by atoms with van der Waals surface area (Å²) in [6, 6.07) is 7.01. The summed E-state index contributed by atoms with van der Waals surface area (Å²) in [5.74, 6) is 1.36. The third-order valence-corrected chi connectivity index (χ3v) is 3.60. The van der Waals surface area contributed by atoms with Crippen LogP contribution < -0.4 is 14.2 Å². The van der Waals surface area contributed by atoms with Crippen molar-refractivity contribution in [1.82, 2.24) is 0 Å². The van der Waals surface area contributed by atoms with Crippen LogP contribution in [0.3, 0.4) is 0 Å². The Morgan fingerprint density at radius 1 is 0.947 bits per heavy atom. The highest BCUT2D eigenvalue weighted by molar-refractivity contribution is 7.12. The molecule has 1 aromatic carbocycles.